The summed E-state index contributed by atoms with van der Waals surface area (Å²) in [7, 11) is -2.86. The first-order valence-electron chi connectivity index (χ1n) is 9.71. The molecule has 3 aliphatic rings. The largest absolute Gasteiger partial charge is 0.377 e. The first kappa shape index (κ1) is 18.6. The zero-order valence-electron chi connectivity index (χ0n) is 15.2. The van der Waals surface area contributed by atoms with Gasteiger partial charge < -0.3 is 4.74 Å². The molecule has 0 spiro atoms. The van der Waals surface area contributed by atoms with Crippen LogP contribution in [0, 0.1) is 11.8 Å². The second-order valence-corrected chi connectivity index (χ2v) is 10.7. The average molecular weight is 359 g/mol. The van der Waals surface area contributed by atoms with Crippen molar-refractivity contribution >= 4 is 9.84 Å². The van der Waals surface area contributed by atoms with Crippen LogP contribution in [0.4, 0.5) is 0 Å². The summed E-state index contributed by atoms with van der Waals surface area (Å²) in [5, 5.41) is 7.35. The van der Waals surface area contributed by atoms with E-state index < -0.39 is 9.84 Å². The van der Waals surface area contributed by atoms with E-state index in [1.54, 1.807) is 0 Å². The molecule has 4 atom stereocenters. The third-order valence-electron chi connectivity index (χ3n) is 6.19. The van der Waals surface area contributed by atoms with Crippen molar-refractivity contribution in [3.63, 3.8) is 0 Å². The van der Waals surface area contributed by atoms with Gasteiger partial charge in [0.1, 0.15) is 9.84 Å². The third kappa shape index (κ3) is 4.93. The zero-order chi connectivity index (χ0) is 17.2. The van der Waals surface area contributed by atoms with Crippen LogP contribution in [0.3, 0.4) is 0 Å². The molecular weight excluding hydrogens is 324 g/mol. The van der Waals surface area contributed by atoms with Crippen LogP contribution in [0.25, 0.3) is 0 Å². The summed E-state index contributed by atoms with van der Waals surface area (Å²) in [6.45, 7) is 4.09. The van der Waals surface area contributed by atoms with Gasteiger partial charge in [0.2, 0.25) is 0 Å². The van der Waals surface area contributed by atoms with E-state index in [1.165, 1.54) is 31.9 Å². The Hall–Kier alpha value is -0.170. The summed E-state index contributed by atoms with van der Waals surface area (Å²) in [6, 6.07) is 0.542. The quantitative estimate of drug-likeness (QED) is 0.787. The molecule has 0 aromatic heterocycles. The number of hydrogen-bond donors (Lipinski definition) is 2. The number of piperidine rings is 1. The highest BCUT2D eigenvalue weighted by molar-refractivity contribution is 7.91. The lowest BCUT2D eigenvalue weighted by Crippen LogP contribution is -2.54. The summed E-state index contributed by atoms with van der Waals surface area (Å²) < 4.78 is 29.2. The van der Waals surface area contributed by atoms with E-state index >= 15 is 0 Å². The minimum atomic E-state index is -2.86. The SMILES string of the molecule is CC1COC(CNC2CCCC(C3CCC(S(C)(=O)=O)CC3)N2)C1. The molecule has 140 valence electrons. The van der Waals surface area contributed by atoms with Crippen LogP contribution in [0.2, 0.25) is 0 Å². The van der Waals surface area contributed by atoms with Crippen molar-refractivity contribution < 1.29 is 13.2 Å². The van der Waals surface area contributed by atoms with E-state index in [2.05, 4.69) is 17.6 Å². The van der Waals surface area contributed by atoms with Crippen LogP contribution in [0.5, 0.6) is 0 Å². The van der Waals surface area contributed by atoms with Gasteiger partial charge in [-0.05, 0) is 63.2 Å². The number of sulfone groups is 1. The number of ether oxygens (including phenoxy) is 1. The van der Waals surface area contributed by atoms with Crippen LogP contribution in [0.1, 0.15) is 58.3 Å². The molecule has 0 amide bonds. The first-order chi connectivity index (χ1) is 11.4. The van der Waals surface area contributed by atoms with Gasteiger partial charge in [0.15, 0.2) is 0 Å². The van der Waals surface area contributed by atoms with Crippen molar-refractivity contribution in [2.45, 2.75) is 81.9 Å². The number of rotatable bonds is 5. The zero-order valence-corrected chi connectivity index (χ0v) is 16.0. The van der Waals surface area contributed by atoms with Gasteiger partial charge in [-0.3, -0.25) is 10.6 Å². The molecule has 0 aromatic rings. The Balaban J connectivity index is 1.42. The molecule has 0 radical (unpaired) electrons. The summed E-state index contributed by atoms with van der Waals surface area (Å²) >= 11 is 0. The van der Waals surface area contributed by atoms with Crippen molar-refractivity contribution in [3.8, 4) is 0 Å². The molecule has 2 N–H and O–H groups in total. The maximum atomic E-state index is 11.7. The van der Waals surface area contributed by atoms with Gasteiger partial charge in [-0.2, -0.15) is 0 Å². The van der Waals surface area contributed by atoms with Gasteiger partial charge in [0.25, 0.3) is 0 Å². The second-order valence-electron chi connectivity index (χ2n) is 8.33. The molecule has 1 aliphatic carbocycles. The van der Waals surface area contributed by atoms with Gasteiger partial charge in [-0.15, -0.1) is 0 Å². The molecule has 2 aliphatic heterocycles. The molecule has 0 bridgehead atoms. The third-order valence-corrected chi connectivity index (χ3v) is 7.87. The molecule has 3 fully saturated rings. The minimum Gasteiger partial charge on any atom is -0.377 e. The van der Waals surface area contributed by atoms with Crippen LogP contribution in [-0.4, -0.2) is 51.4 Å². The van der Waals surface area contributed by atoms with Gasteiger partial charge in [0, 0.05) is 25.4 Å². The monoisotopic (exact) mass is 358 g/mol. The fourth-order valence-electron chi connectivity index (χ4n) is 4.72. The highest BCUT2D eigenvalue weighted by Gasteiger charge is 2.34. The normalized spacial score (nSPS) is 41.4. The molecule has 6 heteroatoms. The Morgan fingerprint density at radius 3 is 2.50 bits per heavy atom. The Kier molecular flexibility index (Phi) is 6.22. The maximum absolute atomic E-state index is 11.7. The molecule has 5 nitrogen and oxygen atoms in total. The number of hydrogen-bond acceptors (Lipinski definition) is 5. The highest BCUT2D eigenvalue weighted by atomic mass is 32.2. The summed E-state index contributed by atoms with van der Waals surface area (Å²) in [5.41, 5.74) is 0. The van der Waals surface area contributed by atoms with Crippen molar-refractivity contribution in [2.24, 2.45) is 11.8 Å². The van der Waals surface area contributed by atoms with Gasteiger partial charge in [-0.25, -0.2) is 8.42 Å². The van der Waals surface area contributed by atoms with Crippen LogP contribution < -0.4 is 10.6 Å². The van der Waals surface area contributed by atoms with Gasteiger partial charge in [0.05, 0.1) is 17.5 Å². The van der Waals surface area contributed by atoms with Gasteiger partial charge >= 0.3 is 0 Å². The molecule has 24 heavy (non-hydrogen) atoms. The predicted molar refractivity (Wildman–Crippen MR) is 96.7 cm³/mol. The van der Waals surface area contributed by atoms with E-state index in [0.29, 0.717) is 30.1 Å². The molecular formula is C18H34N2O3S. The molecule has 3 rings (SSSR count). The van der Waals surface area contributed by atoms with Crippen molar-refractivity contribution in [3.05, 3.63) is 0 Å². The Morgan fingerprint density at radius 1 is 1.12 bits per heavy atom. The molecule has 2 heterocycles. The van der Waals surface area contributed by atoms with Crippen LogP contribution in [0.15, 0.2) is 0 Å². The topological polar surface area (TPSA) is 67.4 Å². The first-order valence-corrected chi connectivity index (χ1v) is 11.7. The second kappa shape index (κ2) is 8.02. The smallest absolute Gasteiger partial charge is 0.150 e. The van der Waals surface area contributed by atoms with E-state index in [1.807, 2.05) is 0 Å². The van der Waals surface area contributed by atoms with Gasteiger partial charge in [-0.1, -0.05) is 6.92 Å². The summed E-state index contributed by atoms with van der Waals surface area (Å²) in [6.07, 6.45) is 10.7. The van der Waals surface area contributed by atoms with Crippen LogP contribution in [-0.2, 0) is 14.6 Å². The molecule has 0 aromatic carbocycles. The number of nitrogens with one attached hydrogen (secondary N) is 2. The Morgan fingerprint density at radius 2 is 1.88 bits per heavy atom. The van der Waals surface area contributed by atoms with E-state index in [0.717, 1.165) is 38.8 Å². The van der Waals surface area contributed by atoms with Crippen LogP contribution >= 0.6 is 0 Å². The van der Waals surface area contributed by atoms with E-state index in [4.69, 9.17) is 4.74 Å². The fraction of sp³-hybridized carbons (Fsp3) is 1.00. The van der Waals surface area contributed by atoms with E-state index in [-0.39, 0.29) is 5.25 Å². The Labute approximate surface area is 147 Å². The minimum absolute atomic E-state index is 0.104. The van der Waals surface area contributed by atoms with Crippen molar-refractivity contribution in [1.29, 1.82) is 0 Å². The van der Waals surface area contributed by atoms with Crippen molar-refractivity contribution in [2.75, 3.05) is 19.4 Å². The molecule has 2 saturated heterocycles. The highest BCUT2D eigenvalue weighted by Crippen LogP contribution is 2.33. The fourth-order valence-corrected chi connectivity index (χ4v) is 5.85. The van der Waals surface area contributed by atoms with E-state index in [9.17, 15) is 8.42 Å². The lowest BCUT2D eigenvalue weighted by molar-refractivity contribution is 0.0973. The predicted octanol–water partition coefficient (Wildman–Crippen LogP) is 2.07. The Bertz CT molecular complexity index is 502. The summed E-state index contributed by atoms with van der Waals surface area (Å²) in [5.74, 6) is 1.32. The lowest BCUT2D eigenvalue weighted by atomic mass is 9.80. The standard InChI is InChI=1S/C18H34N2O3S/c1-13-10-15(23-12-13)11-19-18-5-3-4-17(20-18)14-6-8-16(9-7-14)24(2,21)22/h13-20H,3-12H2,1-2H3. The summed E-state index contributed by atoms with van der Waals surface area (Å²) in [4.78, 5) is 0. The molecule has 1 saturated carbocycles. The lowest BCUT2D eigenvalue weighted by Gasteiger charge is -2.39. The average Bonchev–Trinajstić information content (AvgIpc) is 2.98. The maximum Gasteiger partial charge on any atom is 0.150 e. The van der Waals surface area contributed by atoms with Crippen molar-refractivity contribution in [1.82, 2.24) is 10.6 Å². The molecule has 4 unspecified atom stereocenters.